The Morgan fingerprint density at radius 2 is 1.88 bits per heavy atom. The Morgan fingerprint density at radius 3 is 2.41 bits per heavy atom. The lowest BCUT2D eigenvalue weighted by atomic mass is 10.1. The van der Waals surface area contributed by atoms with Crippen molar-refractivity contribution in [3.05, 3.63) is 28.8 Å². The molecule has 1 amide bonds. The molecule has 1 N–H and O–H groups in total. The molecule has 4 heteroatoms. The van der Waals surface area contributed by atoms with Crippen molar-refractivity contribution < 1.29 is 9.90 Å². The van der Waals surface area contributed by atoms with E-state index in [1.807, 2.05) is 13.8 Å². The molecule has 0 atom stereocenters. The van der Waals surface area contributed by atoms with Crippen LogP contribution in [0.4, 0.5) is 0 Å². The van der Waals surface area contributed by atoms with E-state index in [0.29, 0.717) is 23.7 Å². The minimum absolute atomic E-state index is 0.0608. The van der Waals surface area contributed by atoms with Gasteiger partial charge in [-0.1, -0.05) is 25.4 Å². The second-order valence-electron chi connectivity index (χ2n) is 3.96. The fourth-order valence-electron chi connectivity index (χ4n) is 1.70. The van der Waals surface area contributed by atoms with Gasteiger partial charge in [0.05, 0.1) is 10.6 Å². The van der Waals surface area contributed by atoms with Gasteiger partial charge in [-0.3, -0.25) is 4.79 Å². The van der Waals surface area contributed by atoms with Crippen LogP contribution in [0, 0.1) is 0 Å². The molecule has 0 spiro atoms. The lowest BCUT2D eigenvalue weighted by Gasteiger charge is -2.22. The van der Waals surface area contributed by atoms with Crippen molar-refractivity contribution in [2.45, 2.75) is 26.7 Å². The Kier molecular flexibility index (Phi) is 5.29. The molecule has 1 rings (SSSR count). The van der Waals surface area contributed by atoms with Crippen molar-refractivity contribution in [3.63, 3.8) is 0 Å². The second-order valence-corrected chi connectivity index (χ2v) is 4.36. The molecule has 1 aromatic rings. The molecule has 0 aromatic heterocycles. The van der Waals surface area contributed by atoms with Gasteiger partial charge < -0.3 is 10.0 Å². The number of nitrogens with zero attached hydrogens (tertiary/aromatic N) is 1. The van der Waals surface area contributed by atoms with Crippen LogP contribution in [-0.2, 0) is 0 Å². The van der Waals surface area contributed by atoms with Gasteiger partial charge in [0, 0.05) is 13.1 Å². The van der Waals surface area contributed by atoms with Crippen LogP contribution < -0.4 is 0 Å². The number of phenolic OH excluding ortho intramolecular Hbond substituents is 1. The molecule has 0 aliphatic heterocycles. The smallest absolute Gasteiger partial charge is 0.255 e. The summed E-state index contributed by atoms with van der Waals surface area (Å²) in [7, 11) is 0. The van der Waals surface area contributed by atoms with Crippen LogP contribution in [0.15, 0.2) is 18.2 Å². The van der Waals surface area contributed by atoms with Crippen LogP contribution in [0.2, 0.25) is 5.02 Å². The zero-order valence-electron chi connectivity index (χ0n) is 10.2. The number of hydrogen-bond acceptors (Lipinski definition) is 2. The number of phenols is 1. The summed E-state index contributed by atoms with van der Waals surface area (Å²) in [6.45, 7) is 5.47. The normalized spacial score (nSPS) is 10.3. The third kappa shape index (κ3) is 3.63. The van der Waals surface area contributed by atoms with Crippen LogP contribution in [0.5, 0.6) is 5.75 Å². The molecule has 0 aliphatic rings. The van der Waals surface area contributed by atoms with Crippen LogP contribution in [0.25, 0.3) is 0 Å². The zero-order valence-corrected chi connectivity index (χ0v) is 11.0. The first kappa shape index (κ1) is 13.8. The Morgan fingerprint density at radius 1 is 1.29 bits per heavy atom. The molecule has 1 aromatic carbocycles. The van der Waals surface area contributed by atoms with Gasteiger partial charge in [-0.15, -0.1) is 0 Å². The van der Waals surface area contributed by atoms with Gasteiger partial charge in [0.15, 0.2) is 0 Å². The summed E-state index contributed by atoms with van der Waals surface area (Å²) in [5, 5.41) is 9.78. The lowest BCUT2D eigenvalue weighted by molar-refractivity contribution is 0.0755. The average Bonchev–Trinajstić information content (AvgIpc) is 2.31. The molecule has 0 saturated carbocycles. The third-order valence-corrected chi connectivity index (χ3v) is 2.78. The third-order valence-electron chi connectivity index (χ3n) is 2.45. The van der Waals surface area contributed by atoms with E-state index in [0.717, 1.165) is 12.8 Å². The molecule has 17 heavy (non-hydrogen) atoms. The number of hydrogen-bond donors (Lipinski definition) is 1. The summed E-state index contributed by atoms with van der Waals surface area (Å²) in [4.78, 5) is 14.0. The van der Waals surface area contributed by atoms with Crippen molar-refractivity contribution in [2.24, 2.45) is 0 Å². The Bertz CT molecular complexity index is 387. The Labute approximate surface area is 107 Å². The lowest BCUT2D eigenvalue weighted by Crippen LogP contribution is -2.32. The number of benzene rings is 1. The fourth-order valence-corrected chi connectivity index (χ4v) is 1.90. The highest BCUT2D eigenvalue weighted by Gasteiger charge is 2.17. The Hall–Kier alpha value is -1.22. The van der Waals surface area contributed by atoms with E-state index in [9.17, 15) is 9.90 Å². The minimum atomic E-state index is -0.116. The van der Waals surface area contributed by atoms with E-state index in [-0.39, 0.29) is 11.7 Å². The first-order valence-corrected chi connectivity index (χ1v) is 6.25. The van der Waals surface area contributed by atoms with Gasteiger partial charge >= 0.3 is 0 Å². The molecular weight excluding hydrogens is 238 g/mol. The standard InChI is InChI=1S/C13H18ClNO2/c1-3-7-15(8-4-2)13(17)11-9-10(16)5-6-12(11)14/h5-6,9,16H,3-4,7-8H2,1-2H3. The van der Waals surface area contributed by atoms with Crippen LogP contribution in [0.1, 0.15) is 37.0 Å². The van der Waals surface area contributed by atoms with E-state index in [4.69, 9.17) is 11.6 Å². The SMILES string of the molecule is CCCN(CCC)C(=O)c1cc(O)ccc1Cl. The minimum Gasteiger partial charge on any atom is -0.508 e. The molecule has 0 heterocycles. The number of rotatable bonds is 5. The van der Waals surface area contributed by atoms with Gasteiger partial charge in [-0.2, -0.15) is 0 Å². The predicted octanol–water partition coefficient (Wildman–Crippen LogP) is 3.31. The molecule has 0 aliphatic carbocycles. The maximum atomic E-state index is 12.2. The second kappa shape index (κ2) is 6.50. The number of amides is 1. The number of halogens is 1. The number of carbonyl (C=O) groups is 1. The first-order valence-electron chi connectivity index (χ1n) is 5.88. The van der Waals surface area contributed by atoms with E-state index in [2.05, 4.69) is 0 Å². The van der Waals surface area contributed by atoms with E-state index in [1.165, 1.54) is 12.1 Å². The van der Waals surface area contributed by atoms with Crippen LogP contribution in [0.3, 0.4) is 0 Å². The van der Waals surface area contributed by atoms with Crippen LogP contribution >= 0.6 is 11.6 Å². The van der Waals surface area contributed by atoms with Gasteiger partial charge in [0.25, 0.3) is 5.91 Å². The molecule has 94 valence electrons. The molecule has 0 unspecified atom stereocenters. The molecule has 3 nitrogen and oxygen atoms in total. The first-order chi connectivity index (χ1) is 8.10. The largest absolute Gasteiger partial charge is 0.508 e. The van der Waals surface area contributed by atoms with Crippen molar-refractivity contribution in [1.29, 1.82) is 0 Å². The molecule has 0 radical (unpaired) electrons. The highest BCUT2D eigenvalue weighted by atomic mass is 35.5. The Balaban J connectivity index is 2.95. The van der Waals surface area contributed by atoms with E-state index in [1.54, 1.807) is 11.0 Å². The van der Waals surface area contributed by atoms with E-state index >= 15 is 0 Å². The quantitative estimate of drug-likeness (QED) is 0.877. The summed E-state index contributed by atoms with van der Waals surface area (Å²) < 4.78 is 0. The molecule has 0 bridgehead atoms. The topological polar surface area (TPSA) is 40.5 Å². The number of carbonyl (C=O) groups excluding carboxylic acids is 1. The summed E-state index contributed by atoms with van der Waals surface area (Å²) in [5.74, 6) is -0.0553. The highest BCUT2D eigenvalue weighted by molar-refractivity contribution is 6.33. The fraction of sp³-hybridized carbons (Fsp3) is 0.462. The van der Waals surface area contributed by atoms with Gasteiger partial charge in [0.2, 0.25) is 0 Å². The molecule has 0 fully saturated rings. The summed E-state index contributed by atoms with van der Waals surface area (Å²) in [6.07, 6.45) is 1.81. The average molecular weight is 256 g/mol. The van der Waals surface area contributed by atoms with Crippen molar-refractivity contribution in [3.8, 4) is 5.75 Å². The summed E-state index contributed by atoms with van der Waals surface area (Å²) in [6, 6.07) is 4.44. The zero-order chi connectivity index (χ0) is 12.8. The molecule has 0 saturated heterocycles. The van der Waals surface area contributed by atoms with Crippen molar-refractivity contribution >= 4 is 17.5 Å². The maximum Gasteiger partial charge on any atom is 0.255 e. The predicted molar refractivity (Wildman–Crippen MR) is 69.6 cm³/mol. The van der Waals surface area contributed by atoms with Crippen molar-refractivity contribution in [2.75, 3.05) is 13.1 Å². The maximum absolute atomic E-state index is 12.2. The monoisotopic (exact) mass is 255 g/mol. The summed E-state index contributed by atoms with van der Waals surface area (Å²) in [5.41, 5.74) is 0.369. The molecular formula is C13H18ClNO2. The van der Waals surface area contributed by atoms with Crippen LogP contribution in [-0.4, -0.2) is 29.0 Å². The van der Waals surface area contributed by atoms with Gasteiger partial charge in [0.1, 0.15) is 5.75 Å². The summed E-state index contributed by atoms with van der Waals surface area (Å²) >= 11 is 5.98. The van der Waals surface area contributed by atoms with Gasteiger partial charge in [-0.05, 0) is 31.0 Å². The van der Waals surface area contributed by atoms with Crippen molar-refractivity contribution in [1.82, 2.24) is 4.90 Å². The van der Waals surface area contributed by atoms with E-state index < -0.39 is 0 Å². The highest BCUT2D eigenvalue weighted by Crippen LogP contribution is 2.22. The van der Waals surface area contributed by atoms with Gasteiger partial charge in [-0.25, -0.2) is 0 Å². The number of aromatic hydroxyl groups is 1.